The van der Waals surface area contributed by atoms with Crippen LogP contribution in [0.3, 0.4) is 0 Å². The van der Waals surface area contributed by atoms with Crippen LogP contribution >= 0.6 is 15.9 Å². The number of rotatable bonds is 3. The second kappa shape index (κ2) is 7.02. The summed E-state index contributed by atoms with van der Waals surface area (Å²) < 4.78 is 14.1. The summed E-state index contributed by atoms with van der Waals surface area (Å²) in [4.78, 5) is 26.1. The van der Waals surface area contributed by atoms with Crippen molar-refractivity contribution in [1.82, 2.24) is 10.2 Å². The van der Waals surface area contributed by atoms with Gasteiger partial charge in [-0.05, 0) is 54.2 Å². The van der Waals surface area contributed by atoms with E-state index >= 15 is 0 Å². The summed E-state index contributed by atoms with van der Waals surface area (Å²) in [7, 11) is 0. The number of carbonyl (C=O) groups excluding carboxylic acids is 2. The lowest BCUT2D eigenvalue weighted by molar-refractivity contribution is -0.133. The molecule has 1 fully saturated rings. The first-order chi connectivity index (χ1) is 10.0. The molecular weight excluding hydrogens is 339 g/mol. The molecule has 0 saturated carbocycles. The van der Waals surface area contributed by atoms with Gasteiger partial charge in [0.1, 0.15) is 11.9 Å². The molecule has 1 aliphatic heterocycles. The normalized spacial score (nSPS) is 16.4. The number of hydrogen-bond donors (Lipinski definition) is 1. The minimum atomic E-state index is -0.658. The third-order valence-corrected chi connectivity index (χ3v) is 4.19. The minimum Gasteiger partial charge on any atom is -0.341 e. The van der Waals surface area contributed by atoms with Crippen LogP contribution < -0.4 is 5.32 Å². The van der Waals surface area contributed by atoms with Crippen LogP contribution in [0.15, 0.2) is 22.7 Å². The zero-order valence-electron chi connectivity index (χ0n) is 11.9. The van der Waals surface area contributed by atoms with Crippen molar-refractivity contribution in [3.05, 3.63) is 34.1 Å². The summed E-state index contributed by atoms with van der Waals surface area (Å²) in [6.07, 6.45) is 3.12. The molecule has 0 aliphatic carbocycles. The molecular formula is C15H18BrFN2O2. The van der Waals surface area contributed by atoms with Crippen LogP contribution in [-0.2, 0) is 4.79 Å². The van der Waals surface area contributed by atoms with Crippen molar-refractivity contribution >= 4 is 27.7 Å². The highest BCUT2D eigenvalue weighted by Crippen LogP contribution is 2.18. The highest BCUT2D eigenvalue weighted by molar-refractivity contribution is 9.10. The lowest BCUT2D eigenvalue weighted by Crippen LogP contribution is -2.48. The monoisotopic (exact) mass is 356 g/mol. The van der Waals surface area contributed by atoms with E-state index in [4.69, 9.17) is 0 Å². The number of hydrogen-bond acceptors (Lipinski definition) is 2. The Kier molecular flexibility index (Phi) is 5.33. The van der Waals surface area contributed by atoms with Gasteiger partial charge in [-0.25, -0.2) is 4.39 Å². The molecule has 0 radical (unpaired) electrons. The topological polar surface area (TPSA) is 49.4 Å². The Labute approximate surface area is 131 Å². The van der Waals surface area contributed by atoms with Crippen molar-refractivity contribution in [2.24, 2.45) is 0 Å². The molecule has 4 nitrogen and oxygen atoms in total. The van der Waals surface area contributed by atoms with Crippen molar-refractivity contribution < 1.29 is 14.0 Å². The van der Waals surface area contributed by atoms with Gasteiger partial charge >= 0.3 is 0 Å². The van der Waals surface area contributed by atoms with Crippen LogP contribution in [0.1, 0.15) is 36.5 Å². The van der Waals surface area contributed by atoms with E-state index in [0.717, 1.165) is 32.4 Å². The van der Waals surface area contributed by atoms with Crippen LogP contribution in [0.4, 0.5) is 4.39 Å². The molecule has 1 unspecified atom stereocenters. The number of nitrogens with one attached hydrogen (secondary N) is 1. The van der Waals surface area contributed by atoms with E-state index in [0.29, 0.717) is 0 Å². The van der Waals surface area contributed by atoms with Gasteiger partial charge in [0.25, 0.3) is 5.91 Å². The van der Waals surface area contributed by atoms with E-state index in [9.17, 15) is 14.0 Å². The maximum absolute atomic E-state index is 13.9. The average molecular weight is 357 g/mol. The van der Waals surface area contributed by atoms with Crippen molar-refractivity contribution in [3.8, 4) is 0 Å². The average Bonchev–Trinajstić information content (AvgIpc) is 2.50. The summed E-state index contributed by atoms with van der Waals surface area (Å²) in [6, 6.07) is 3.84. The van der Waals surface area contributed by atoms with Gasteiger partial charge in [0.15, 0.2) is 0 Å². The molecule has 21 heavy (non-hydrogen) atoms. The van der Waals surface area contributed by atoms with Gasteiger partial charge in [-0.2, -0.15) is 0 Å². The fourth-order valence-electron chi connectivity index (χ4n) is 2.40. The molecule has 6 heteroatoms. The SMILES string of the molecule is CC(NC(=O)c1cccc(Br)c1F)C(=O)N1CCCCC1. The Bertz CT molecular complexity index is 544. The number of likely N-dealkylation sites (tertiary alicyclic amines) is 1. The summed E-state index contributed by atoms with van der Waals surface area (Å²) in [6.45, 7) is 3.08. The number of benzene rings is 1. The molecule has 1 N–H and O–H groups in total. The number of amides is 2. The van der Waals surface area contributed by atoms with Gasteiger partial charge in [-0.3, -0.25) is 9.59 Å². The largest absolute Gasteiger partial charge is 0.341 e. The maximum atomic E-state index is 13.9. The zero-order chi connectivity index (χ0) is 15.4. The van der Waals surface area contributed by atoms with Crippen LogP contribution in [-0.4, -0.2) is 35.8 Å². The van der Waals surface area contributed by atoms with Crippen LogP contribution in [0.5, 0.6) is 0 Å². The van der Waals surface area contributed by atoms with Gasteiger partial charge in [-0.15, -0.1) is 0 Å². The zero-order valence-corrected chi connectivity index (χ0v) is 13.5. The lowest BCUT2D eigenvalue weighted by atomic mass is 10.1. The molecule has 1 saturated heterocycles. The second-order valence-electron chi connectivity index (χ2n) is 5.18. The van der Waals surface area contributed by atoms with E-state index in [-0.39, 0.29) is 15.9 Å². The van der Waals surface area contributed by atoms with Crippen LogP contribution in [0, 0.1) is 5.82 Å². The van der Waals surface area contributed by atoms with Gasteiger partial charge < -0.3 is 10.2 Å². The molecule has 1 heterocycles. The van der Waals surface area contributed by atoms with E-state index < -0.39 is 17.8 Å². The molecule has 1 aromatic rings. The van der Waals surface area contributed by atoms with Crippen molar-refractivity contribution in [2.45, 2.75) is 32.2 Å². The number of nitrogens with zero attached hydrogens (tertiary/aromatic N) is 1. The van der Waals surface area contributed by atoms with E-state index in [1.807, 2.05) is 0 Å². The molecule has 2 amide bonds. The molecule has 0 spiro atoms. The summed E-state index contributed by atoms with van der Waals surface area (Å²) in [5, 5.41) is 2.57. The Morgan fingerprint density at radius 2 is 1.95 bits per heavy atom. The number of carbonyl (C=O) groups is 2. The Balaban J connectivity index is 2.01. The molecule has 1 atom stereocenters. The van der Waals surface area contributed by atoms with Crippen molar-refractivity contribution in [1.29, 1.82) is 0 Å². The highest BCUT2D eigenvalue weighted by atomic mass is 79.9. The second-order valence-corrected chi connectivity index (χ2v) is 6.04. The predicted molar refractivity (Wildman–Crippen MR) is 81.5 cm³/mol. The summed E-state index contributed by atoms with van der Waals surface area (Å²) in [5.41, 5.74) is -0.0670. The molecule has 114 valence electrons. The van der Waals surface area contributed by atoms with Gasteiger partial charge in [0, 0.05) is 13.1 Å². The number of halogens is 2. The van der Waals surface area contributed by atoms with Crippen molar-refractivity contribution in [2.75, 3.05) is 13.1 Å². The molecule has 2 rings (SSSR count). The lowest BCUT2D eigenvalue weighted by Gasteiger charge is -2.29. The van der Waals surface area contributed by atoms with Crippen LogP contribution in [0.2, 0.25) is 0 Å². The Morgan fingerprint density at radius 1 is 1.29 bits per heavy atom. The Morgan fingerprint density at radius 3 is 2.62 bits per heavy atom. The quantitative estimate of drug-likeness (QED) is 0.904. The molecule has 0 aromatic heterocycles. The highest BCUT2D eigenvalue weighted by Gasteiger charge is 2.24. The molecule has 0 bridgehead atoms. The van der Waals surface area contributed by atoms with E-state index in [1.165, 1.54) is 12.1 Å². The standard InChI is InChI=1S/C15H18BrFN2O2/c1-10(15(21)19-8-3-2-4-9-19)18-14(20)11-6-5-7-12(16)13(11)17/h5-7,10H,2-4,8-9H2,1H3,(H,18,20). The van der Waals surface area contributed by atoms with Gasteiger partial charge in [0.2, 0.25) is 5.91 Å². The van der Waals surface area contributed by atoms with Crippen LogP contribution in [0.25, 0.3) is 0 Å². The fourth-order valence-corrected chi connectivity index (χ4v) is 2.77. The fraction of sp³-hybridized carbons (Fsp3) is 0.467. The third kappa shape index (κ3) is 3.81. The molecule has 1 aromatic carbocycles. The first-order valence-electron chi connectivity index (χ1n) is 7.04. The summed E-state index contributed by atoms with van der Waals surface area (Å²) in [5.74, 6) is -1.31. The van der Waals surface area contributed by atoms with E-state index in [1.54, 1.807) is 17.9 Å². The van der Waals surface area contributed by atoms with Gasteiger partial charge in [-0.1, -0.05) is 6.07 Å². The Hall–Kier alpha value is -1.43. The maximum Gasteiger partial charge on any atom is 0.254 e. The first-order valence-corrected chi connectivity index (χ1v) is 7.83. The predicted octanol–water partition coefficient (Wildman–Crippen LogP) is 2.72. The third-order valence-electron chi connectivity index (χ3n) is 3.58. The van der Waals surface area contributed by atoms with Gasteiger partial charge in [0.05, 0.1) is 10.0 Å². The molecule has 1 aliphatic rings. The smallest absolute Gasteiger partial charge is 0.254 e. The number of piperidine rings is 1. The van der Waals surface area contributed by atoms with E-state index in [2.05, 4.69) is 21.2 Å². The summed E-state index contributed by atoms with van der Waals surface area (Å²) >= 11 is 3.04. The minimum absolute atomic E-state index is 0.0670. The first kappa shape index (κ1) is 15.9. The van der Waals surface area contributed by atoms with Crippen molar-refractivity contribution in [3.63, 3.8) is 0 Å².